The zero-order chi connectivity index (χ0) is 26.9. The maximum absolute atomic E-state index is 13.4. The number of hydrogen-bond donors (Lipinski definition) is 1. The Morgan fingerprint density at radius 1 is 1.21 bits per heavy atom. The van der Waals surface area contributed by atoms with Gasteiger partial charge in [0.15, 0.2) is 6.10 Å². The molecule has 0 spiro atoms. The number of nitrogens with zero attached hydrogens (tertiary/aromatic N) is 4. The van der Waals surface area contributed by atoms with Crippen molar-refractivity contribution in [1.29, 1.82) is 0 Å². The Hall–Kier alpha value is -2.38. The topological polar surface area (TPSA) is 70.4 Å². The summed E-state index contributed by atoms with van der Waals surface area (Å²) >= 11 is 1.64. The Morgan fingerprint density at radius 3 is 2.77 bits per heavy atom. The summed E-state index contributed by atoms with van der Waals surface area (Å²) in [4.78, 5) is 14.4. The number of halogens is 3. The Kier molecular flexibility index (Phi) is 9.43. The van der Waals surface area contributed by atoms with E-state index in [0.717, 1.165) is 46.6 Å². The number of aromatic nitrogens is 1. The summed E-state index contributed by atoms with van der Waals surface area (Å²) < 4.78 is 47.1. The van der Waals surface area contributed by atoms with Gasteiger partial charge in [0.25, 0.3) is 0 Å². The van der Waals surface area contributed by atoms with Gasteiger partial charge < -0.3 is 14.7 Å². The van der Waals surface area contributed by atoms with E-state index in [1.807, 2.05) is 25.1 Å². The van der Waals surface area contributed by atoms with Crippen molar-refractivity contribution in [3.8, 4) is 5.75 Å². The SMILES string of the molecule is Cc1nc2cc(OC[C@H](O)CN3CCN(CC4=NOC(c5ccccc5C(F)(F)F)C4)C[C@@H]3C)ccc2s1.S. The van der Waals surface area contributed by atoms with E-state index in [9.17, 15) is 18.3 Å². The van der Waals surface area contributed by atoms with E-state index in [-0.39, 0.29) is 31.7 Å². The molecule has 0 saturated carbocycles. The van der Waals surface area contributed by atoms with E-state index in [1.165, 1.54) is 12.1 Å². The number of oxime groups is 1. The quantitative estimate of drug-likeness (QED) is 0.403. The molecule has 1 fully saturated rings. The van der Waals surface area contributed by atoms with E-state index in [1.54, 1.807) is 17.4 Å². The molecule has 0 radical (unpaired) electrons. The maximum atomic E-state index is 13.4. The molecule has 39 heavy (non-hydrogen) atoms. The van der Waals surface area contributed by atoms with Crippen molar-refractivity contribution in [2.75, 3.05) is 39.3 Å². The Balaban J connectivity index is 0.00000353. The molecule has 1 N–H and O–H groups in total. The highest BCUT2D eigenvalue weighted by Crippen LogP contribution is 2.38. The van der Waals surface area contributed by atoms with E-state index in [0.29, 0.717) is 25.3 Å². The molecule has 3 heterocycles. The zero-order valence-corrected chi connectivity index (χ0v) is 23.6. The first-order valence-corrected chi connectivity index (χ1v) is 13.5. The molecular weight excluding hydrogens is 549 g/mol. The molecule has 1 unspecified atom stereocenters. The van der Waals surface area contributed by atoms with Gasteiger partial charge in [-0.2, -0.15) is 26.7 Å². The minimum atomic E-state index is -4.43. The van der Waals surface area contributed by atoms with Crippen LogP contribution in [0.3, 0.4) is 0 Å². The van der Waals surface area contributed by atoms with Gasteiger partial charge >= 0.3 is 6.18 Å². The van der Waals surface area contributed by atoms with Gasteiger partial charge in [-0.05, 0) is 32.0 Å². The van der Waals surface area contributed by atoms with Crippen LogP contribution in [0.2, 0.25) is 0 Å². The first kappa shape index (κ1) is 29.6. The van der Waals surface area contributed by atoms with Crippen LogP contribution in [-0.2, 0) is 11.0 Å². The molecule has 1 saturated heterocycles. The summed E-state index contributed by atoms with van der Waals surface area (Å²) in [5.74, 6) is 0.690. The van der Waals surface area contributed by atoms with Crippen molar-refractivity contribution in [2.24, 2.45) is 5.16 Å². The van der Waals surface area contributed by atoms with E-state index in [4.69, 9.17) is 9.57 Å². The lowest BCUT2D eigenvalue weighted by molar-refractivity contribution is -0.139. The van der Waals surface area contributed by atoms with Gasteiger partial charge in [-0.1, -0.05) is 23.4 Å². The Morgan fingerprint density at radius 2 is 2.00 bits per heavy atom. The molecule has 7 nitrogen and oxygen atoms in total. The summed E-state index contributed by atoms with van der Waals surface area (Å²) in [6, 6.07) is 11.5. The average molecular weight is 583 g/mol. The van der Waals surface area contributed by atoms with E-state index in [2.05, 4.69) is 26.9 Å². The molecule has 2 aromatic carbocycles. The molecule has 3 aromatic rings. The van der Waals surface area contributed by atoms with Gasteiger partial charge in [0, 0.05) is 56.8 Å². The Bertz CT molecular complexity index is 1300. The fourth-order valence-electron chi connectivity index (χ4n) is 5.09. The number of fused-ring (bicyclic) bond motifs is 1. The largest absolute Gasteiger partial charge is 0.491 e. The molecule has 0 bridgehead atoms. The van der Waals surface area contributed by atoms with Crippen molar-refractivity contribution in [1.82, 2.24) is 14.8 Å². The third-order valence-electron chi connectivity index (χ3n) is 6.95. The summed E-state index contributed by atoms with van der Waals surface area (Å²) in [5, 5.41) is 15.7. The predicted molar refractivity (Wildman–Crippen MR) is 151 cm³/mol. The van der Waals surface area contributed by atoms with Crippen LogP contribution in [0, 0.1) is 6.92 Å². The number of ether oxygens (including phenoxy) is 1. The molecule has 1 aromatic heterocycles. The first-order chi connectivity index (χ1) is 18.2. The number of thiazole rings is 1. The highest BCUT2D eigenvalue weighted by molar-refractivity contribution is 7.59. The van der Waals surface area contributed by atoms with Gasteiger partial charge in [-0.15, -0.1) is 11.3 Å². The van der Waals surface area contributed by atoms with Crippen LogP contribution < -0.4 is 4.74 Å². The molecule has 212 valence electrons. The highest BCUT2D eigenvalue weighted by atomic mass is 32.1. The molecule has 5 rings (SSSR count). The average Bonchev–Trinajstić information content (AvgIpc) is 3.49. The number of β-amino-alcohol motifs (C(OH)–C–C–N with tert-alkyl or cyclic N) is 1. The van der Waals surface area contributed by atoms with Gasteiger partial charge in [-0.25, -0.2) is 4.98 Å². The van der Waals surface area contributed by atoms with Crippen molar-refractivity contribution < 1.29 is 27.9 Å². The van der Waals surface area contributed by atoms with Crippen molar-refractivity contribution >= 4 is 40.8 Å². The van der Waals surface area contributed by atoms with Crippen molar-refractivity contribution in [3.63, 3.8) is 0 Å². The zero-order valence-electron chi connectivity index (χ0n) is 21.8. The molecule has 2 aliphatic rings. The number of aliphatic hydroxyl groups is 1. The fraction of sp³-hybridized carbons (Fsp3) is 0.481. The molecule has 0 amide bonds. The lowest BCUT2D eigenvalue weighted by Gasteiger charge is -2.40. The Labute approximate surface area is 236 Å². The van der Waals surface area contributed by atoms with Gasteiger partial charge in [0.2, 0.25) is 0 Å². The fourth-order valence-corrected chi connectivity index (χ4v) is 5.90. The molecule has 3 atom stereocenters. The van der Waals surface area contributed by atoms with Crippen LogP contribution in [0.25, 0.3) is 10.2 Å². The number of aliphatic hydroxyl groups excluding tert-OH is 1. The molecule has 0 aliphatic carbocycles. The summed E-state index contributed by atoms with van der Waals surface area (Å²) in [5.41, 5.74) is 1.09. The summed E-state index contributed by atoms with van der Waals surface area (Å²) in [6.07, 6.45) is -5.46. The van der Waals surface area contributed by atoms with Gasteiger partial charge in [0.05, 0.1) is 26.5 Å². The van der Waals surface area contributed by atoms with Gasteiger partial charge in [-0.3, -0.25) is 9.80 Å². The molecular formula is C27H33F3N4O3S2. The first-order valence-electron chi connectivity index (χ1n) is 12.7. The summed E-state index contributed by atoms with van der Waals surface area (Å²) in [7, 11) is 0. The number of piperazine rings is 1. The maximum Gasteiger partial charge on any atom is 0.416 e. The number of rotatable bonds is 8. The van der Waals surface area contributed by atoms with Crippen LogP contribution in [0.15, 0.2) is 47.6 Å². The lowest BCUT2D eigenvalue weighted by atomic mass is 9.98. The van der Waals surface area contributed by atoms with Crippen LogP contribution in [0.4, 0.5) is 13.2 Å². The van der Waals surface area contributed by atoms with E-state index >= 15 is 0 Å². The third-order valence-corrected chi connectivity index (χ3v) is 7.90. The number of benzene rings is 2. The van der Waals surface area contributed by atoms with Crippen molar-refractivity contribution in [3.05, 3.63) is 58.6 Å². The normalized spacial score (nSPS) is 21.3. The predicted octanol–water partition coefficient (Wildman–Crippen LogP) is 5.00. The van der Waals surface area contributed by atoms with Crippen LogP contribution in [-0.4, -0.2) is 77.1 Å². The second-order valence-electron chi connectivity index (χ2n) is 9.95. The lowest BCUT2D eigenvalue weighted by Crippen LogP contribution is -2.54. The standard InChI is InChI=1S/C27H31F3N4O3S.H2S/c1-17-13-33(14-19-11-25(37-32-19)22-5-3-4-6-23(22)27(28,29)30)9-10-34(17)15-20(35)16-36-21-7-8-26-24(12-21)31-18(2)38-26;/h3-8,12,17,20,25,35H,9-11,13-16H2,1-2H3;1H2/t17-,20+,25?;/m0./s1. The molecule has 12 heteroatoms. The van der Waals surface area contributed by atoms with Crippen LogP contribution >= 0.6 is 24.8 Å². The second kappa shape index (κ2) is 12.4. The van der Waals surface area contributed by atoms with E-state index < -0.39 is 23.9 Å². The second-order valence-corrected chi connectivity index (χ2v) is 11.2. The minimum absolute atomic E-state index is 0. The summed E-state index contributed by atoms with van der Waals surface area (Å²) in [6.45, 7) is 7.59. The highest BCUT2D eigenvalue weighted by Gasteiger charge is 2.37. The number of alkyl halides is 3. The van der Waals surface area contributed by atoms with Crippen molar-refractivity contribution in [2.45, 2.75) is 44.7 Å². The third kappa shape index (κ3) is 7.23. The number of hydrogen-bond acceptors (Lipinski definition) is 8. The van der Waals surface area contributed by atoms with Gasteiger partial charge in [0.1, 0.15) is 18.5 Å². The van der Waals surface area contributed by atoms with Crippen LogP contribution in [0.5, 0.6) is 5.75 Å². The monoisotopic (exact) mass is 582 g/mol. The smallest absolute Gasteiger partial charge is 0.416 e. The molecule has 2 aliphatic heterocycles. The minimum Gasteiger partial charge on any atom is -0.491 e. The van der Waals surface area contributed by atoms with Crippen LogP contribution in [0.1, 0.15) is 35.6 Å². The number of aryl methyl sites for hydroxylation is 1.